The summed E-state index contributed by atoms with van der Waals surface area (Å²) < 4.78 is 0. The van der Waals surface area contributed by atoms with Gasteiger partial charge in [-0.3, -0.25) is 0 Å². The minimum atomic E-state index is -0.505. The van der Waals surface area contributed by atoms with Crippen molar-refractivity contribution in [1.29, 1.82) is 0 Å². The summed E-state index contributed by atoms with van der Waals surface area (Å²) in [6, 6.07) is 74.5. The molecule has 0 atom stereocenters. The van der Waals surface area contributed by atoms with Crippen LogP contribution in [0.5, 0.6) is 0 Å². The Balaban J connectivity index is 1.32. The second kappa shape index (κ2) is 11.9. The number of fused-ring (bicyclic) bond motifs is 9. The van der Waals surface area contributed by atoms with Crippen molar-refractivity contribution in [2.75, 3.05) is 4.90 Å². The molecule has 0 radical (unpaired) electrons. The predicted molar refractivity (Wildman–Crippen MR) is 231 cm³/mol. The molecule has 1 heteroatoms. The maximum atomic E-state index is 2.60. The molecule has 1 nitrogen and oxygen atoms in total. The molecule has 0 saturated carbocycles. The number of nitrogens with zero attached hydrogens (tertiary/aromatic N) is 1. The highest BCUT2D eigenvalue weighted by molar-refractivity contribution is 6.10. The summed E-state index contributed by atoms with van der Waals surface area (Å²) in [6.07, 6.45) is 0. The minimum absolute atomic E-state index is 0.188. The zero-order valence-electron chi connectivity index (χ0n) is 31.0. The maximum Gasteiger partial charge on any atom is 0.0714 e. The van der Waals surface area contributed by atoms with E-state index in [1.807, 2.05) is 0 Å². The molecule has 55 heavy (non-hydrogen) atoms. The van der Waals surface area contributed by atoms with Gasteiger partial charge in [0.1, 0.15) is 0 Å². The van der Waals surface area contributed by atoms with Crippen molar-refractivity contribution in [1.82, 2.24) is 0 Å². The fraction of sp³-hybridized carbons (Fsp3) is 0.0741. The topological polar surface area (TPSA) is 3.24 Å². The van der Waals surface area contributed by atoms with Gasteiger partial charge in [0.25, 0.3) is 0 Å². The molecule has 0 spiro atoms. The van der Waals surface area contributed by atoms with E-state index in [0.29, 0.717) is 0 Å². The molecular formula is C54H39N. The highest BCUT2D eigenvalue weighted by atomic mass is 15.2. The number of anilines is 3. The smallest absolute Gasteiger partial charge is 0.0714 e. The molecule has 9 aromatic rings. The van der Waals surface area contributed by atoms with Crippen molar-refractivity contribution in [2.24, 2.45) is 0 Å². The largest absolute Gasteiger partial charge is 0.309 e. The first kappa shape index (κ1) is 31.8. The van der Waals surface area contributed by atoms with E-state index in [1.165, 1.54) is 94.2 Å². The Morgan fingerprint density at radius 2 is 0.873 bits per heavy atom. The molecule has 11 rings (SSSR count). The molecule has 2 aliphatic carbocycles. The lowest BCUT2D eigenvalue weighted by atomic mass is 9.68. The molecule has 0 unspecified atom stereocenters. The quantitative estimate of drug-likeness (QED) is 0.173. The first-order valence-corrected chi connectivity index (χ1v) is 19.4. The van der Waals surface area contributed by atoms with Crippen LogP contribution in [0.4, 0.5) is 17.1 Å². The average molecular weight is 702 g/mol. The van der Waals surface area contributed by atoms with Gasteiger partial charge in [-0.15, -0.1) is 0 Å². The van der Waals surface area contributed by atoms with Crippen LogP contribution in [-0.2, 0) is 10.8 Å². The van der Waals surface area contributed by atoms with E-state index in [4.69, 9.17) is 0 Å². The SMILES string of the molecule is CC1(C)c2ccccc2-c2c(N(c3cccc4c3-c3ccccc3C4(c3ccccc3)c3ccccc3)c3cccc4ccccc34)cc3ccccc3c21. The number of rotatable bonds is 5. The van der Waals surface area contributed by atoms with Crippen LogP contribution in [0, 0.1) is 0 Å². The Morgan fingerprint density at radius 1 is 0.364 bits per heavy atom. The summed E-state index contributed by atoms with van der Waals surface area (Å²) in [5.74, 6) is 0. The fourth-order valence-electron chi connectivity index (χ4n) is 10.3. The number of hydrogen-bond acceptors (Lipinski definition) is 1. The zero-order valence-corrected chi connectivity index (χ0v) is 31.0. The second-order valence-corrected chi connectivity index (χ2v) is 15.6. The molecule has 0 amide bonds. The molecule has 2 aliphatic rings. The van der Waals surface area contributed by atoms with Crippen LogP contribution in [-0.4, -0.2) is 0 Å². The molecule has 0 heterocycles. The first-order chi connectivity index (χ1) is 27.1. The Morgan fingerprint density at radius 3 is 1.60 bits per heavy atom. The van der Waals surface area contributed by atoms with E-state index >= 15 is 0 Å². The van der Waals surface area contributed by atoms with E-state index in [0.717, 1.165) is 0 Å². The van der Waals surface area contributed by atoms with Gasteiger partial charge in [0, 0.05) is 21.9 Å². The summed E-state index contributed by atoms with van der Waals surface area (Å²) >= 11 is 0. The van der Waals surface area contributed by atoms with Crippen molar-refractivity contribution in [3.05, 3.63) is 234 Å². The van der Waals surface area contributed by atoms with Crippen LogP contribution in [0.3, 0.4) is 0 Å². The van der Waals surface area contributed by atoms with Gasteiger partial charge in [-0.05, 0) is 78.9 Å². The Bertz CT molecular complexity index is 2910. The zero-order chi connectivity index (χ0) is 36.7. The van der Waals surface area contributed by atoms with E-state index in [9.17, 15) is 0 Å². The molecule has 0 bridgehead atoms. The van der Waals surface area contributed by atoms with Crippen LogP contribution < -0.4 is 4.90 Å². The number of hydrogen-bond donors (Lipinski definition) is 0. The summed E-state index contributed by atoms with van der Waals surface area (Å²) in [4.78, 5) is 2.60. The van der Waals surface area contributed by atoms with Crippen LogP contribution in [0.15, 0.2) is 200 Å². The van der Waals surface area contributed by atoms with E-state index in [2.05, 4.69) is 219 Å². The third-order valence-corrected chi connectivity index (χ3v) is 12.5. The monoisotopic (exact) mass is 701 g/mol. The average Bonchev–Trinajstić information content (AvgIpc) is 3.69. The first-order valence-electron chi connectivity index (χ1n) is 19.4. The molecular weight excluding hydrogens is 663 g/mol. The van der Waals surface area contributed by atoms with Crippen LogP contribution in [0.2, 0.25) is 0 Å². The summed E-state index contributed by atoms with van der Waals surface area (Å²) in [5.41, 5.74) is 15.9. The van der Waals surface area contributed by atoms with Crippen LogP contribution in [0.25, 0.3) is 43.8 Å². The predicted octanol–water partition coefficient (Wildman–Crippen LogP) is 14.1. The maximum absolute atomic E-state index is 2.60. The fourth-order valence-corrected chi connectivity index (χ4v) is 10.3. The van der Waals surface area contributed by atoms with Crippen molar-refractivity contribution in [2.45, 2.75) is 24.7 Å². The standard InChI is InChI=1S/C54H39N/c1-53(2)44-30-15-13-28-42(44)51-49(35-37-20-10-12-27-41(37)52(51)53)55(47-33-17-21-36-19-9-11-26-40(36)47)48-34-18-32-46-50(48)43-29-14-16-31-45(43)54(46,38-22-5-3-6-23-38)39-24-7-4-8-25-39/h3-35H,1-2H3. The van der Waals surface area contributed by atoms with Gasteiger partial charge >= 0.3 is 0 Å². The molecule has 0 saturated heterocycles. The second-order valence-electron chi connectivity index (χ2n) is 15.6. The lowest BCUT2D eigenvalue weighted by Gasteiger charge is -2.35. The summed E-state index contributed by atoms with van der Waals surface area (Å²) in [7, 11) is 0. The van der Waals surface area contributed by atoms with Gasteiger partial charge in [-0.25, -0.2) is 0 Å². The third-order valence-electron chi connectivity index (χ3n) is 12.5. The molecule has 0 fully saturated rings. The van der Waals surface area contributed by atoms with E-state index < -0.39 is 5.41 Å². The van der Waals surface area contributed by atoms with Crippen LogP contribution in [0.1, 0.15) is 47.2 Å². The molecule has 9 aromatic carbocycles. The van der Waals surface area contributed by atoms with Gasteiger partial charge < -0.3 is 4.90 Å². The highest BCUT2D eigenvalue weighted by Gasteiger charge is 2.48. The van der Waals surface area contributed by atoms with Crippen molar-refractivity contribution in [3.63, 3.8) is 0 Å². The lowest BCUT2D eigenvalue weighted by molar-refractivity contribution is 0.666. The normalized spacial score (nSPS) is 14.3. The lowest BCUT2D eigenvalue weighted by Crippen LogP contribution is -2.28. The summed E-state index contributed by atoms with van der Waals surface area (Å²) in [5, 5.41) is 5.01. The van der Waals surface area contributed by atoms with Gasteiger partial charge in [0.2, 0.25) is 0 Å². The highest BCUT2D eigenvalue weighted by Crippen LogP contribution is 2.62. The molecule has 0 aliphatic heterocycles. The van der Waals surface area contributed by atoms with Gasteiger partial charge in [0.05, 0.1) is 22.5 Å². The van der Waals surface area contributed by atoms with Gasteiger partial charge in [0.15, 0.2) is 0 Å². The molecule has 0 N–H and O–H groups in total. The van der Waals surface area contributed by atoms with Gasteiger partial charge in [-0.2, -0.15) is 0 Å². The number of benzene rings is 9. The Kier molecular flexibility index (Phi) is 6.88. The van der Waals surface area contributed by atoms with E-state index in [-0.39, 0.29) is 5.41 Å². The third kappa shape index (κ3) is 4.35. The van der Waals surface area contributed by atoms with Gasteiger partial charge in [-0.1, -0.05) is 196 Å². The van der Waals surface area contributed by atoms with Crippen molar-refractivity contribution >= 4 is 38.6 Å². The van der Waals surface area contributed by atoms with Crippen molar-refractivity contribution < 1.29 is 0 Å². The van der Waals surface area contributed by atoms with Crippen LogP contribution >= 0.6 is 0 Å². The minimum Gasteiger partial charge on any atom is -0.309 e. The Hall–Kier alpha value is -6.70. The van der Waals surface area contributed by atoms with E-state index in [1.54, 1.807) is 0 Å². The van der Waals surface area contributed by atoms with Crippen molar-refractivity contribution in [3.8, 4) is 22.3 Å². The molecule has 0 aromatic heterocycles. The molecule has 260 valence electrons. The Labute approximate surface area is 322 Å². The summed E-state index contributed by atoms with van der Waals surface area (Å²) in [6.45, 7) is 4.81.